The summed E-state index contributed by atoms with van der Waals surface area (Å²) in [7, 11) is 1.58. The highest BCUT2D eigenvalue weighted by Crippen LogP contribution is 2.30. The Kier molecular flexibility index (Phi) is 3.53. The van der Waals surface area contributed by atoms with Gasteiger partial charge in [-0.05, 0) is 37.5 Å². The molecule has 20 heavy (non-hydrogen) atoms. The predicted octanol–water partition coefficient (Wildman–Crippen LogP) is 1.24. The van der Waals surface area contributed by atoms with Crippen LogP contribution in [0.3, 0.4) is 0 Å². The Balaban J connectivity index is 1.64. The minimum absolute atomic E-state index is 0.107. The minimum Gasteiger partial charge on any atom is -0.497 e. The zero-order valence-corrected chi connectivity index (χ0v) is 11.8. The molecular weight excluding hydrogens is 254 g/mol. The summed E-state index contributed by atoms with van der Waals surface area (Å²) in [4.78, 5) is 14.8. The second kappa shape index (κ2) is 5.32. The number of carbonyl (C=O) groups is 1. The summed E-state index contributed by atoms with van der Waals surface area (Å²) in [5.74, 6) is 0.541. The highest BCUT2D eigenvalue weighted by atomic mass is 16.5. The first kappa shape index (κ1) is 13.2. The second-order valence-electron chi connectivity index (χ2n) is 5.64. The molecule has 2 fully saturated rings. The molecule has 2 aliphatic rings. The third kappa shape index (κ3) is 2.72. The van der Waals surface area contributed by atoms with Gasteiger partial charge >= 0.3 is 0 Å². The summed E-state index contributed by atoms with van der Waals surface area (Å²) >= 11 is 0. The molecule has 0 bridgehead atoms. The average molecular weight is 275 g/mol. The topological polar surface area (TPSA) is 67.6 Å². The zero-order valence-electron chi connectivity index (χ0n) is 11.8. The Morgan fingerprint density at radius 3 is 2.90 bits per heavy atom. The fourth-order valence-corrected chi connectivity index (χ4v) is 2.80. The van der Waals surface area contributed by atoms with Gasteiger partial charge in [-0.1, -0.05) is 0 Å². The van der Waals surface area contributed by atoms with Crippen molar-refractivity contribution >= 4 is 11.6 Å². The Bertz CT molecular complexity index is 514. The average Bonchev–Trinajstić information content (AvgIpc) is 3.20. The van der Waals surface area contributed by atoms with Gasteiger partial charge in [-0.2, -0.15) is 0 Å². The Hall–Kier alpha value is -1.75. The van der Waals surface area contributed by atoms with Gasteiger partial charge in [-0.3, -0.25) is 9.69 Å². The van der Waals surface area contributed by atoms with E-state index in [9.17, 15) is 4.79 Å². The fraction of sp³-hybridized carbons (Fsp3) is 0.533. The maximum atomic E-state index is 12.3. The molecule has 1 saturated carbocycles. The number of nitrogen functional groups attached to an aromatic ring is 1. The lowest BCUT2D eigenvalue weighted by Gasteiger charge is -2.16. The number of carbonyl (C=O) groups excluding carboxylic acids is 1. The molecule has 0 radical (unpaired) electrons. The van der Waals surface area contributed by atoms with E-state index in [1.54, 1.807) is 25.3 Å². The second-order valence-corrected chi connectivity index (χ2v) is 5.64. The molecule has 1 aliphatic heterocycles. The highest BCUT2D eigenvalue weighted by Gasteiger charge is 2.34. The molecule has 1 aromatic rings. The van der Waals surface area contributed by atoms with Gasteiger partial charge in [-0.15, -0.1) is 0 Å². The smallest absolute Gasteiger partial charge is 0.253 e. The van der Waals surface area contributed by atoms with Crippen LogP contribution in [0.15, 0.2) is 18.2 Å². The van der Waals surface area contributed by atoms with Gasteiger partial charge in [0.05, 0.1) is 12.7 Å². The fourth-order valence-electron chi connectivity index (χ4n) is 2.80. The number of nitrogens with one attached hydrogen (secondary N) is 1. The molecule has 0 aromatic heterocycles. The number of nitrogens with zero attached hydrogens (tertiary/aromatic N) is 1. The number of benzene rings is 1. The minimum atomic E-state index is -0.107. The number of nitrogens with two attached hydrogens (primary N) is 1. The molecule has 1 atom stereocenters. The van der Waals surface area contributed by atoms with Crippen molar-refractivity contribution in [1.82, 2.24) is 10.2 Å². The Labute approximate surface area is 119 Å². The lowest BCUT2D eigenvalue weighted by Crippen LogP contribution is -2.37. The highest BCUT2D eigenvalue weighted by molar-refractivity contribution is 5.99. The third-order valence-electron chi connectivity index (χ3n) is 4.12. The monoisotopic (exact) mass is 275 g/mol. The standard InChI is InChI=1S/C15H21N3O2/c1-20-12-4-5-14(16)13(8-12)15(19)17-10-6-7-18(9-10)11-2-3-11/h4-5,8,10-11H,2-3,6-7,9,16H2,1H3,(H,17,19). The van der Waals surface area contributed by atoms with Gasteiger partial charge in [0.25, 0.3) is 5.91 Å². The maximum absolute atomic E-state index is 12.3. The van der Waals surface area contributed by atoms with E-state index in [0.29, 0.717) is 17.0 Å². The van der Waals surface area contributed by atoms with Crippen molar-refractivity contribution in [3.8, 4) is 5.75 Å². The van der Waals surface area contributed by atoms with Gasteiger partial charge in [0.2, 0.25) is 0 Å². The lowest BCUT2D eigenvalue weighted by atomic mass is 10.1. The summed E-state index contributed by atoms with van der Waals surface area (Å²) in [6.45, 7) is 2.05. The molecule has 5 heteroatoms. The number of methoxy groups -OCH3 is 1. The summed E-state index contributed by atoms with van der Waals surface area (Å²) in [6, 6.07) is 6.15. The SMILES string of the molecule is COc1ccc(N)c(C(=O)NC2CCN(C3CC3)C2)c1. The molecule has 1 saturated heterocycles. The quantitative estimate of drug-likeness (QED) is 0.811. The summed E-state index contributed by atoms with van der Waals surface area (Å²) in [5, 5.41) is 3.08. The van der Waals surface area contributed by atoms with Crippen LogP contribution in [0.1, 0.15) is 29.6 Å². The molecule has 3 N–H and O–H groups in total. The van der Waals surface area contributed by atoms with E-state index in [1.807, 2.05) is 0 Å². The number of anilines is 1. The first-order valence-corrected chi connectivity index (χ1v) is 7.16. The zero-order chi connectivity index (χ0) is 14.1. The number of rotatable bonds is 4. The Morgan fingerprint density at radius 1 is 1.40 bits per heavy atom. The summed E-state index contributed by atoms with van der Waals surface area (Å²) in [5.41, 5.74) is 6.86. The maximum Gasteiger partial charge on any atom is 0.253 e. The van der Waals surface area contributed by atoms with Crippen molar-refractivity contribution in [3.63, 3.8) is 0 Å². The molecule has 1 amide bonds. The summed E-state index contributed by atoms with van der Waals surface area (Å²) < 4.78 is 5.14. The first-order chi connectivity index (χ1) is 9.67. The molecule has 108 valence electrons. The van der Waals surface area contributed by atoms with E-state index in [-0.39, 0.29) is 11.9 Å². The van der Waals surface area contributed by atoms with Crippen LogP contribution < -0.4 is 15.8 Å². The van der Waals surface area contributed by atoms with Crippen LogP contribution in [0.2, 0.25) is 0 Å². The molecular formula is C15H21N3O2. The number of ether oxygens (including phenoxy) is 1. The molecule has 1 unspecified atom stereocenters. The van der Waals surface area contributed by atoms with Crippen LogP contribution in [-0.4, -0.2) is 43.1 Å². The first-order valence-electron chi connectivity index (χ1n) is 7.16. The largest absolute Gasteiger partial charge is 0.497 e. The molecule has 5 nitrogen and oxygen atoms in total. The molecule has 1 heterocycles. The van der Waals surface area contributed by atoms with E-state index < -0.39 is 0 Å². The Morgan fingerprint density at radius 2 is 2.20 bits per heavy atom. The van der Waals surface area contributed by atoms with Crippen molar-refractivity contribution in [3.05, 3.63) is 23.8 Å². The number of hydrogen-bond acceptors (Lipinski definition) is 4. The normalized spacial score (nSPS) is 22.8. The van der Waals surface area contributed by atoms with Crippen LogP contribution in [0.4, 0.5) is 5.69 Å². The van der Waals surface area contributed by atoms with E-state index in [1.165, 1.54) is 12.8 Å². The van der Waals surface area contributed by atoms with Gasteiger partial charge in [0.15, 0.2) is 0 Å². The van der Waals surface area contributed by atoms with Crippen LogP contribution in [-0.2, 0) is 0 Å². The number of likely N-dealkylation sites (tertiary alicyclic amines) is 1. The van der Waals surface area contributed by atoms with Gasteiger partial charge in [0.1, 0.15) is 5.75 Å². The van der Waals surface area contributed by atoms with E-state index >= 15 is 0 Å². The van der Waals surface area contributed by atoms with Crippen molar-refractivity contribution in [2.45, 2.75) is 31.3 Å². The predicted molar refractivity (Wildman–Crippen MR) is 77.9 cm³/mol. The van der Waals surface area contributed by atoms with Crippen LogP contribution in [0.5, 0.6) is 5.75 Å². The summed E-state index contributed by atoms with van der Waals surface area (Å²) in [6.07, 6.45) is 3.64. The van der Waals surface area contributed by atoms with Gasteiger partial charge < -0.3 is 15.8 Å². The number of amides is 1. The van der Waals surface area contributed by atoms with Gasteiger partial charge in [-0.25, -0.2) is 0 Å². The number of hydrogen-bond donors (Lipinski definition) is 2. The van der Waals surface area contributed by atoms with E-state index in [2.05, 4.69) is 10.2 Å². The molecule has 1 aliphatic carbocycles. The van der Waals surface area contributed by atoms with Crippen molar-refractivity contribution in [2.75, 3.05) is 25.9 Å². The lowest BCUT2D eigenvalue weighted by molar-refractivity contribution is 0.0938. The van der Waals surface area contributed by atoms with Crippen LogP contribution in [0, 0.1) is 0 Å². The van der Waals surface area contributed by atoms with Gasteiger partial charge in [0, 0.05) is 30.9 Å². The molecule has 1 aromatic carbocycles. The van der Waals surface area contributed by atoms with Crippen molar-refractivity contribution in [2.24, 2.45) is 0 Å². The van der Waals surface area contributed by atoms with Crippen LogP contribution >= 0.6 is 0 Å². The van der Waals surface area contributed by atoms with E-state index in [0.717, 1.165) is 25.6 Å². The van der Waals surface area contributed by atoms with E-state index in [4.69, 9.17) is 10.5 Å². The molecule has 3 rings (SSSR count). The van der Waals surface area contributed by atoms with Crippen molar-refractivity contribution < 1.29 is 9.53 Å². The van der Waals surface area contributed by atoms with Crippen molar-refractivity contribution in [1.29, 1.82) is 0 Å². The third-order valence-corrected chi connectivity index (χ3v) is 4.12. The molecule has 0 spiro atoms. The van der Waals surface area contributed by atoms with Crippen LogP contribution in [0.25, 0.3) is 0 Å².